The van der Waals surface area contributed by atoms with Gasteiger partial charge in [-0.25, -0.2) is 0 Å². The van der Waals surface area contributed by atoms with Gasteiger partial charge < -0.3 is 19.7 Å². The van der Waals surface area contributed by atoms with E-state index >= 15 is 0 Å². The van der Waals surface area contributed by atoms with Gasteiger partial charge in [0.05, 0.1) is 17.9 Å². The Bertz CT molecular complexity index is 1180. The van der Waals surface area contributed by atoms with Crippen LogP contribution in [0.3, 0.4) is 0 Å². The molecule has 1 N–H and O–H groups in total. The summed E-state index contributed by atoms with van der Waals surface area (Å²) in [4.78, 5) is 70.0. The summed E-state index contributed by atoms with van der Waals surface area (Å²) in [6.07, 6.45) is 3.67. The predicted molar refractivity (Wildman–Crippen MR) is 163 cm³/mol. The molecule has 0 spiro atoms. The lowest BCUT2D eigenvalue weighted by Gasteiger charge is -2.34. The molecule has 3 rings (SSSR count). The van der Waals surface area contributed by atoms with Crippen LogP contribution in [-0.4, -0.2) is 72.4 Å². The Kier molecular flexibility index (Phi) is 11.4. The molecule has 0 bridgehead atoms. The van der Waals surface area contributed by atoms with Gasteiger partial charge in [0.25, 0.3) is 0 Å². The number of hydrogen-bond acceptors (Lipinski definition) is 7. The smallest absolute Gasteiger partial charge is 0.326 e. The lowest BCUT2D eigenvalue weighted by Crippen LogP contribution is -2.53. The van der Waals surface area contributed by atoms with Crippen molar-refractivity contribution in [3.05, 3.63) is 29.8 Å². The van der Waals surface area contributed by atoms with Gasteiger partial charge in [0, 0.05) is 25.2 Å². The number of anilines is 1. The Morgan fingerprint density at radius 2 is 1.77 bits per heavy atom. The van der Waals surface area contributed by atoms with Crippen molar-refractivity contribution in [1.29, 1.82) is 0 Å². The zero-order chi connectivity index (χ0) is 31.9. The van der Waals surface area contributed by atoms with Crippen molar-refractivity contribution in [3.8, 4) is 0 Å². The average Bonchev–Trinajstić information content (AvgIpc) is 3.37. The number of aryl methyl sites for hydroxylation is 1. The molecule has 238 valence electrons. The predicted octanol–water partition coefficient (Wildman–Crippen LogP) is 4.18. The second-order valence-electron chi connectivity index (χ2n) is 13.1. The van der Waals surface area contributed by atoms with Crippen molar-refractivity contribution in [3.63, 3.8) is 0 Å². The maximum Gasteiger partial charge on any atom is 0.326 e. The van der Waals surface area contributed by atoms with E-state index < -0.39 is 34.9 Å². The van der Waals surface area contributed by atoms with Crippen LogP contribution in [-0.2, 0) is 39.9 Å². The summed E-state index contributed by atoms with van der Waals surface area (Å²) in [5.74, 6) is -2.71. The number of benzene rings is 1. The van der Waals surface area contributed by atoms with E-state index in [1.807, 2.05) is 32.0 Å². The van der Waals surface area contributed by atoms with E-state index in [9.17, 15) is 24.0 Å². The van der Waals surface area contributed by atoms with E-state index in [2.05, 4.69) is 5.32 Å². The van der Waals surface area contributed by atoms with Crippen LogP contribution in [0.2, 0.25) is 0 Å². The fraction of sp³-hybridized carbons (Fsp3) is 0.667. The average molecular weight is 600 g/mol. The van der Waals surface area contributed by atoms with Crippen molar-refractivity contribution in [2.45, 2.75) is 111 Å². The minimum atomic E-state index is -0.927. The molecule has 2 atom stereocenters. The zero-order valence-electron chi connectivity index (χ0n) is 26.9. The number of ether oxygens (including phenoxy) is 2. The van der Waals surface area contributed by atoms with E-state index in [0.717, 1.165) is 18.4 Å². The minimum absolute atomic E-state index is 0.0431. The Balaban J connectivity index is 1.87. The minimum Gasteiger partial charge on any atom is -0.465 e. The summed E-state index contributed by atoms with van der Waals surface area (Å²) < 4.78 is 10.9. The molecule has 1 aromatic carbocycles. The summed E-state index contributed by atoms with van der Waals surface area (Å²) >= 11 is 0. The molecule has 43 heavy (non-hydrogen) atoms. The molecule has 0 aromatic heterocycles. The van der Waals surface area contributed by atoms with Crippen LogP contribution in [0.1, 0.15) is 92.1 Å². The van der Waals surface area contributed by atoms with Crippen LogP contribution >= 0.6 is 0 Å². The van der Waals surface area contributed by atoms with Crippen molar-refractivity contribution >= 4 is 35.3 Å². The molecule has 2 aliphatic rings. The van der Waals surface area contributed by atoms with E-state index in [1.54, 1.807) is 45.7 Å². The van der Waals surface area contributed by atoms with Crippen LogP contribution in [0.25, 0.3) is 0 Å². The molecule has 1 unspecified atom stereocenters. The van der Waals surface area contributed by atoms with Gasteiger partial charge in [-0.1, -0.05) is 31.0 Å². The Morgan fingerprint density at radius 1 is 1.12 bits per heavy atom. The first-order valence-corrected chi connectivity index (χ1v) is 15.5. The lowest BCUT2D eigenvalue weighted by atomic mass is 9.75. The van der Waals surface area contributed by atoms with Crippen molar-refractivity contribution in [1.82, 2.24) is 10.2 Å². The van der Waals surface area contributed by atoms with Crippen LogP contribution < -0.4 is 10.2 Å². The largest absolute Gasteiger partial charge is 0.465 e. The molecule has 1 fully saturated rings. The molecule has 1 heterocycles. The topological polar surface area (TPSA) is 122 Å². The molecule has 1 saturated carbocycles. The number of fused-ring (bicyclic) bond motifs is 1. The fourth-order valence-corrected chi connectivity index (χ4v) is 5.97. The highest BCUT2D eigenvalue weighted by Gasteiger charge is 2.47. The van der Waals surface area contributed by atoms with Crippen molar-refractivity contribution in [2.75, 3.05) is 25.1 Å². The number of para-hydroxylation sites is 1. The molecule has 3 amide bonds. The molecule has 1 aliphatic carbocycles. The van der Waals surface area contributed by atoms with Gasteiger partial charge in [0.15, 0.2) is 0 Å². The van der Waals surface area contributed by atoms with Gasteiger partial charge in [-0.2, -0.15) is 0 Å². The third kappa shape index (κ3) is 8.80. The zero-order valence-corrected chi connectivity index (χ0v) is 26.9. The second-order valence-corrected chi connectivity index (χ2v) is 13.1. The van der Waals surface area contributed by atoms with Gasteiger partial charge >= 0.3 is 11.9 Å². The lowest BCUT2D eigenvalue weighted by molar-refractivity contribution is -0.164. The number of hydrogen-bond donors (Lipinski definition) is 1. The molecule has 0 radical (unpaired) electrons. The van der Waals surface area contributed by atoms with E-state index in [4.69, 9.17) is 9.47 Å². The maximum absolute atomic E-state index is 14.1. The van der Waals surface area contributed by atoms with Gasteiger partial charge in [-0.3, -0.25) is 28.9 Å². The first-order chi connectivity index (χ1) is 20.2. The van der Waals surface area contributed by atoms with Gasteiger partial charge in [-0.05, 0) is 85.3 Å². The summed E-state index contributed by atoms with van der Waals surface area (Å²) in [6, 6.07) is 6.50. The van der Waals surface area contributed by atoms with Crippen molar-refractivity contribution < 1.29 is 33.4 Å². The maximum atomic E-state index is 14.1. The summed E-state index contributed by atoms with van der Waals surface area (Å²) in [6.45, 7) is 10.8. The number of nitrogens with zero attached hydrogens (tertiary/aromatic N) is 2. The molecule has 10 heteroatoms. The standard InChI is InChI=1S/C33H49N3O7/c1-8-42-28(38)21-36-26-14-10-9-13-23(26)15-16-25(29(36)39)34-31(41)33(17-11-12-18-33)20-24(30(40)43-32(4,5)6)19-27(37)35(7)22(2)3/h9-10,13-14,22,24-25H,8,11-12,15-21H2,1-7H3,(H,34,41)/t24?,25-/m0/s1. The third-order valence-corrected chi connectivity index (χ3v) is 8.46. The number of esters is 2. The summed E-state index contributed by atoms with van der Waals surface area (Å²) in [7, 11) is 1.70. The van der Waals surface area contributed by atoms with Gasteiger partial charge in [-0.15, -0.1) is 0 Å². The monoisotopic (exact) mass is 599 g/mol. The number of amides is 3. The highest BCUT2D eigenvalue weighted by Crippen LogP contribution is 2.45. The summed E-state index contributed by atoms with van der Waals surface area (Å²) in [5, 5.41) is 3.02. The molecular formula is C33H49N3O7. The van der Waals surface area contributed by atoms with Crippen LogP contribution in [0.5, 0.6) is 0 Å². The number of carbonyl (C=O) groups is 5. The van der Waals surface area contributed by atoms with Gasteiger partial charge in [0.2, 0.25) is 17.7 Å². The molecule has 10 nitrogen and oxygen atoms in total. The SMILES string of the molecule is CCOC(=O)CN1C(=O)[C@@H](NC(=O)C2(CC(CC(=O)N(C)C(C)C)C(=O)OC(C)(C)C)CCCC2)CCc2ccccc21. The molecule has 1 aromatic rings. The van der Waals surface area contributed by atoms with Crippen LogP contribution in [0, 0.1) is 11.3 Å². The molecule has 0 saturated heterocycles. The van der Waals surface area contributed by atoms with Gasteiger partial charge in [0.1, 0.15) is 18.2 Å². The van der Waals surface area contributed by atoms with E-state index in [-0.39, 0.29) is 49.8 Å². The van der Waals surface area contributed by atoms with Crippen LogP contribution in [0.4, 0.5) is 5.69 Å². The number of rotatable bonds is 11. The second kappa shape index (κ2) is 14.4. The van der Waals surface area contributed by atoms with Crippen LogP contribution in [0.15, 0.2) is 24.3 Å². The Hall–Kier alpha value is -3.43. The van der Waals surface area contributed by atoms with E-state index in [1.165, 1.54) is 4.90 Å². The summed E-state index contributed by atoms with van der Waals surface area (Å²) in [5.41, 5.74) is -0.141. The molecular weight excluding hydrogens is 550 g/mol. The van der Waals surface area contributed by atoms with Crippen molar-refractivity contribution in [2.24, 2.45) is 11.3 Å². The normalized spacial score (nSPS) is 18.8. The Morgan fingerprint density at radius 3 is 2.37 bits per heavy atom. The highest BCUT2D eigenvalue weighted by atomic mass is 16.6. The quantitative estimate of drug-likeness (QED) is 0.379. The third-order valence-electron chi connectivity index (χ3n) is 8.46. The number of nitrogens with one attached hydrogen (secondary N) is 1. The highest BCUT2D eigenvalue weighted by molar-refractivity contribution is 6.03. The number of carbonyl (C=O) groups excluding carboxylic acids is 5. The first-order valence-electron chi connectivity index (χ1n) is 15.5. The van der Waals surface area contributed by atoms with E-state index in [0.29, 0.717) is 31.4 Å². The molecule has 1 aliphatic heterocycles. The fourth-order valence-electron chi connectivity index (χ4n) is 5.97. The first kappa shape index (κ1) is 34.1. The Labute approximate surface area is 255 Å².